The van der Waals surface area contributed by atoms with Gasteiger partial charge in [-0.1, -0.05) is 23.2 Å². The van der Waals surface area contributed by atoms with Gasteiger partial charge in [-0.05, 0) is 20.3 Å². The number of nitro benzene ring substituents is 1. The predicted octanol–water partition coefficient (Wildman–Crippen LogP) is 3.88. The summed E-state index contributed by atoms with van der Waals surface area (Å²) in [6.07, 6.45) is 0.826. The number of nitro groups is 1. The molecule has 2 rings (SSSR count). The van der Waals surface area contributed by atoms with Crippen LogP contribution in [0.4, 0.5) is 11.4 Å². The van der Waals surface area contributed by atoms with E-state index in [1.54, 1.807) is 0 Å². The van der Waals surface area contributed by atoms with E-state index in [2.05, 4.69) is 5.32 Å². The zero-order valence-corrected chi connectivity index (χ0v) is 12.1. The first-order chi connectivity index (χ1) is 8.83. The highest BCUT2D eigenvalue weighted by Crippen LogP contribution is 2.39. The van der Waals surface area contributed by atoms with Crippen molar-refractivity contribution in [1.82, 2.24) is 0 Å². The number of benzene rings is 1. The molecular formula is C12H14Cl2N2O3. The largest absolute Gasteiger partial charge is 0.376 e. The first-order valence-corrected chi connectivity index (χ1v) is 6.62. The maximum atomic E-state index is 10.7. The molecule has 2 unspecified atom stereocenters. The summed E-state index contributed by atoms with van der Waals surface area (Å²) >= 11 is 12.1. The van der Waals surface area contributed by atoms with Crippen LogP contribution in [0.2, 0.25) is 10.0 Å². The first-order valence-electron chi connectivity index (χ1n) is 5.87. The Bertz CT molecular complexity index is 501. The quantitative estimate of drug-likeness (QED) is 0.680. The summed E-state index contributed by atoms with van der Waals surface area (Å²) in [4.78, 5) is 10.2. The molecule has 2 atom stereocenters. The molecule has 5 nitrogen and oxygen atoms in total. The maximum Gasteiger partial charge on any atom is 0.272 e. The Morgan fingerprint density at radius 3 is 2.47 bits per heavy atom. The van der Waals surface area contributed by atoms with Crippen molar-refractivity contribution in [3.8, 4) is 0 Å². The van der Waals surface area contributed by atoms with Gasteiger partial charge in [0.15, 0.2) is 0 Å². The van der Waals surface area contributed by atoms with Gasteiger partial charge in [0.2, 0.25) is 0 Å². The number of nitrogens with zero attached hydrogens (tertiary/aromatic N) is 1. The van der Waals surface area contributed by atoms with Gasteiger partial charge in [-0.2, -0.15) is 0 Å². The first kappa shape index (κ1) is 14.4. The number of rotatable bonds is 3. The van der Waals surface area contributed by atoms with E-state index in [9.17, 15) is 10.1 Å². The lowest BCUT2D eigenvalue weighted by molar-refractivity contribution is -0.384. The van der Waals surface area contributed by atoms with Crippen molar-refractivity contribution < 1.29 is 9.66 Å². The number of halogens is 2. The third-order valence-corrected chi connectivity index (χ3v) is 4.13. The lowest BCUT2D eigenvalue weighted by Crippen LogP contribution is -2.41. The highest BCUT2D eigenvalue weighted by molar-refractivity contribution is 6.39. The van der Waals surface area contributed by atoms with Crippen LogP contribution in [0, 0.1) is 10.1 Å². The van der Waals surface area contributed by atoms with E-state index in [1.807, 2.05) is 13.8 Å². The topological polar surface area (TPSA) is 64.4 Å². The highest BCUT2D eigenvalue weighted by Gasteiger charge is 2.37. The Morgan fingerprint density at radius 1 is 1.47 bits per heavy atom. The molecule has 0 radical (unpaired) electrons. The molecule has 1 aromatic rings. The second-order valence-electron chi connectivity index (χ2n) is 4.85. The predicted molar refractivity (Wildman–Crippen MR) is 75.2 cm³/mol. The summed E-state index contributed by atoms with van der Waals surface area (Å²) in [5.74, 6) is 0. The molecule has 7 heteroatoms. The van der Waals surface area contributed by atoms with Crippen molar-refractivity contribution in [3.05, 3.63) is 32.3 Å². The SMILES string of the molecule is CC1OCCC1(C)Nc1c(Cl)cc([N+](=O)[O-])cc1Cl. The molecule has 0 bridgehead atoms. The van der Waals surface area contributed by atoms with E-state index < -0.39 is 4.92 Å². The minimum Gasteiger partial charge on any atom is -0.376 e. The molecule has 1 N–H and O–H groups in total. The Labute approximate surface area is 121 Å². The van der Waals surface area contributed by atoms with Crippen LogP contribution >= 0.6 is 23.2 Å². The van der Waals surface area contributed by atoms with Crippen molar-refractivity contribution in [3.63, 3.8) is 0 Å². The van der Waals surface area contributed by atoms with Crippen LogP contribution in [0.25, 0.3) is 0 Å². The zero-order valence-electron chi connectivity index (χ0n) is 10.6. The summed E-state index contributed by atoms with van der Waals surface area (Å²) in [6.45, 7) is 4.64. The molecule has 1 aliphatic rings. The van der Waals surface area contributed by atoms with Gasteiger partial charge in [0, 0.05) is 18.7 Å². The summed E-state index contributed by atoms with van der Waals surface area (Å²) in [7, 11) is 0. The molecule has 0 spiro atoms. The minimum absolute atomic E-state index is 0.00910. The van der Waals surface area contributed by atoms with Crippen LogP contribution < -0.4 is 5.32 Å². The van der Waals surface area contributed by atoms with Gasteiger partial charge in [0.05, 0.1) is 32.3 Å². The van der Waals surface area contributed by atoms with Gasteiger partial charge in [-0.3, -0.25) is 10.1 Å². The number of non-ortho nitro benzene ring substituents is 1. The van der Waals surface area contributed by atoms with Crippen LogP contribution in [-0.4, -0.2) is 23.2 Å². The average Bonchev–Trinajstić information content (AvgIpc) is 2.64. The lowest BCUT2D eigenvalue weighted by Gasteiger charge is -2.31. The van der Waals surface area contributed by atoms with E-state index >= 15 is 0 Å². The van der Waals surface area contributed by atoms with Crippen molar-refractivity contribution in [2.24, 2.45) is 0 Å². The molecule has 1 heterocycles. The Balaban J connectivity index is 2.33. The third-order valence-electron chi connectivity index (χ3n) is 3.53. The molecule has 0 saturated carbocycles. The van der Waals surface area contributed by atoms with Gasteiger partial charge in [0.1, 0.15) is 0 Å². The van der Waals surface area contributed by atoms with Gasteiger partial charge >= 0.3 is 0 Å². The number of anilines is 1. The van der Waals surface area contributed by atoms with Gasteiger partial charge < -0.3 is 10.1 Å². The molecule has 0 aromatic heterocycles. The van der Waals surface area contributed by atoms with E-state index in [-0.39, 0.29) is 27.4 Å². The van der Waals surface area contributed by atoms with Gasteiger partial charge in [0.25, 0.3) is 5.69 Å². The minimum atomic E-state index is -0.523. The lowest BCUT2D eigenvalue weighted by atomic mass is 9.94. The third kappa shape index (κ3) is 2.78. The van der Waals surface area contributed by atoms with Crippen molar-refractivity contribution in [1.29, 1.82) is 0 Å². The average molecular weight is 305 g/mol. The molecular weight excluding hydrogens is 291 g/mol. The van der Waals surface area contributed by atoms with Crippen LogP contribution in [0.1, 0.15) is 20.3 Å². The van der Waals surface area contributed by atoms with E-state index in [1.165, 1.54) is 12.1 Å². The Hall–Kier alpha value is -1.04. The highest BCUT2D eigenvalue weighted by atomic mass is 35.5. The monoisotopic (exact) mass is 304 g/mol. The second kappa shape index (κ2) is 5.15. The molecule has 0 aliphatic carbocycles. The van der Waals surface area contributed by atoms with E-state index in [0.717, 1.165) is 6.42 Å². The molecule has 1 aromatic carbocycles. The van der Waals surface area contributed by atoms with Crippen LogP contribution in [0.5, 0.6) is 0 Å². The number of ether oxygens (including phenoxy) is 1. The smallest absolute Gasteiger partial charge is 0.272 e. The number of hydrogen-bond acceptors (Lipinski definition) is 4. The molecule has 1 saturated heterocycles. The molecule has 0 amide bonds. The van der Waals surface area contributed by atoms with Gasteiger partial charge in [-0.15, -0.1) is 0 Å². The fraction of sp³-hybridized carbons (Fsp3) is 0.500. The van der Waals surface area contributed by atoms with Crippen molar-refractivity contribution in [2.75, 3.05) is 11.9 Å². The Kier molecular flexibility index (Phi) is 3.90. The van der Waals surface area contributed by atoms with Gasteiger partial charge in [-0.25, -0.2) is 0 Å². The van der Waals surface area contributed by atoms with Crippen LogP contribution in [-0.2, 0) is 4.74 Å². The standard InChI is InChI=1S/C12H14Cl2N2O3/c1-7-12(2,3-4-19-7)15-11-9(13)5-8(16(17)18)6-10(11)14/h5-7,15H,3-4H2,1-2H3. The molecule has 1 fully saturated rings. The van der Waals surface area contributed by atoms with E-state index in [0.29, 0.717) is 12.3 Å². The van der Waals surface area contributed by atoms with Crippen LogP contribution in [0.15, 0.2) is 12.1 Å². The second-order valence-corrected chi connectivity index (χ2v) is 5.66. The normalized spacial score (nSPS) is 26.4. The van der Waals surface area contributed by atoms with Crippen LogP contribution in [0.3, 0.4) is 0 Å². The van der Waals surface area contributed by atoms with Crippen molar-refractivity contribution >= 4 is 34.6 Å². The Morgan fingerprint density at radius 2 is 2.05 bits per heavy atom. The number of hydrogen-bond donors (Lipinski definition) is 1. The fourth-order valence-electron chi connectivity index (χ4n) is 2.07. The number of nitrogens with one attached hydrogen (secondary N) is 1. The molecule has 104 valence electrons. The molecule has 19 heavy (non-hydrogen) atoms. The summed E-state index contributed by atoms with van der Waals surface area (Å²) in [6, 6.07) is 2.58. The fourth-order valence-corrected chi connectivity index (χ4v) is 2.64. The summed E-state index contributed by atoms with van der Waals surface area (Å²) < 4.78 is 5.53. The summed E-state index contributed by atoms with van der Waals surface area (Å²) in [5, 5.41) is 14.5. The zero-order chi connectivity index (χ0) is 14.2. The van der Waals surface area contributed by atoms with Crippen molar-refractivity contribution in [2.45, 2.75) is 31.9 Å². The maximum absolute atomic E-state index is 10.7. The summed E-state index contributed by atoms with van der Waals surface area (Å²) in [5.41, 5.74) is 0.0962. The van der Waals surface area contributed by atoms with E-state index in [4.69, 9.17) is 27.9 Å². The molecule has 1 aliphatic heterocycles.